The minimum Gasteiger partial charge on any atom is -0.396 e. The first-order valence-electron chi connectivity index (χ1n) is 6.67. The van der Waals surface area contributed by atoms with Gasteiger partial charge in [0.1, 0.15) is 0 Å². The number of hydrogen-bond donors (Lipinski definition) is 2. The van der Waals surface area contributed by atoms with E-state index in [-0.39, 0.29) is 12.5 Å². The van der Waals surface area contributed by atoms with Crippen LogP contribution in [0.2, 0.25) is 0 Å². The molecular weight excluding hydrogens is 202 g/mol. The van der Waals surface area contributed by atoms with Crippen molar-refractivity contribution in [1.82, 2.24) is 5.32 Å². The van der Waals surface area contributed by atoms with Crippen molar-refractivity contribution < 1.29 is 9.90 Å². The molecule has 16 heavy (non-hydrogen) atoms. The van der Waals surface area contributed by atoms with Crippen LogP contribution < -0.4 is 5.32 Å². The van der Waals surface area contributed by atoms with E-state index in [4.69, 9.17) is 5.11 Å². The normalized spacial score (nSPS) is 31.9. The fourth-order valence-corrected chi connectivity index (χ4v) is 3.40. The second kappa shape index (κ2) is 5.67. The van der Waals surface area contributed by atoms with Gasteiger partial charge in [-0.05, 0) is 49.9 Å². The predicted molar refractivity (Wildman–Crippen MR) is 62.9 cm³/mol. The molecule has 0 saturated heterocycles. The Hall–Kier alpha value is -0.570. The number of carbonyl (C=O) groups is 1. The van der Waals surface area contributed by atoms with Gasteiger partial charge in [0.15, 0.2) is 0 Å². The molecule has 2 aliphatic carbocycles. The molecule has 0 aliphatic heterocycles. The summed E-state index contributed by atoms with van der Waals surface area (Å²) in [5.41, 5.74) is 0. The predicted octanol–water partition coefficient (Wildman–Crippen LogP) is 1.70. The fraction of sp³-hybridized carbons (Fsp3) is 0.923. The van der Waals surface area contributed by atoms with Crippen LogP contribution in [0, 0.1) is 17.8 Å². The van der Waals surface area contributed by atoms with Gasteiger partial charge in [-0.3, -0.25) is 4.79 Å². The summed E-state index contributed by atoms with van der Waals surface area (Å²) in [5.74, 6) is 2.65. The summed E-state index contributed by atoms with van der Waals surface area (Å²) >= 11 is 0. The van der Waals surface area contributed by atoms with Gasteiger partial charge >= 0.3 is 0 Å². The molecule has 2 fully saturated rings. The highest BCUT2D eigenvalue weighted by atomic mass is 16.2. The van der Waals surface area contributed by atoms with E-state index in [9.17, 15) is 4.79 Å². The van der Waals surface area contributed by atoms with E-state index in [1.54, 1.807) is 0 Å². The Morgan fingerprint density at radius 2 is 2.12 bits per heavy atom. The average Bonchev–Trinajstić information content (AvgIpc) is 2.86. The Balaban J connectivity index is 1.60. The summed E-state index contributed by atoms with van der Waals surface area (Å²) in [6.45, 7) is 0.947. The maximum atomic E-state index is 11.7. The molecule has 0 radical (unpaired) electrons. The number of amides is 1. The number of rotatable bonds is 6. The van der Waals surface area contributed by atoms with Crippen LogP contribution in [0.1, 0.15) is 44.9 Å². The Labute approximate surface area is 97.6 Å². The average molecular weight is 225 g/mol. The van der Waals surface area contributed by atoms with E-state index in [0.717, 1.165) is 37.6 Å². The zero-order valence-corrected chi connectivity index (χ0v) is 9.95. The summed E-state index contributed by atoms with van der Waals surface area (Å²) < 4.78 is 0. The SMILES string of the molecule is O=C(C[C@H]1C[C@H]2CC[C@H]1C2)NCCCCO. The molecular formula is C13H23NO2. The summed E-state index contributed by atoms with van der Waals surface area (Å²) in [6.07, 6.45) is 7.83. The van der Waals surface area contributed by atoms with Crippen LogP contribution in [0.15, 0.2) is 0 Å². The van der Waals surface area contributed by atoms with Gasteiger partial charge in [-0.15, -0.1) is 0 Å². The van der Waals surface area contributed by atoms with Crippen LogP contribution in [0.3, 0.4) is 0 Å². The standard InChI is InChI=1S/C13H23NO2/c15-6-2-1-5-14-13(16)9-12-8-10-3-4-11(12)7-10/h10-12,15H,1-9H2,(H,14,16)/t10-,11-,12+/m0/s1. The highest BCUT2D eigenvalue weighted by Crippen LogP contribution is 2.49. The minimum atomic E-state index is 0.218. The van der Waals surface area contributed by atoms with Gasteiger partial charge in [-0.2, -0.15) is 0 Å². The monoisotopic (exact) mass is 225 g/mol. The van der Waals surface area contributed by atoms with Gasteiger partial charge in [-0.1, -0.05) is 6.42 Å². The summed E-state index contributed by atoms with van der Waals surface area (Å²) in [7, 11) is 0. The van der Waals surface area contributed by atoms with E-state index in [2.05, 4.69) is 5.32 Å². The molecule has 0 aromatic heterocycles. The lowest BCUT2D eigenvalue weighted by Crippen LogP contribution is -2.28. The van der Waals surface area contributed by atoms with Crippen LogP contribution in [0.4, 0.5) is 0 Å². The molecule has 92 valence electrons. The number of aliphatic hydroxyl groups excluding tert-OH is 1. The van der Waals surface area contributed by atoms with Crippen LogP contribution >= 0.6 is 0 Å². The van der Waals surface area contributed by atoms with E-state index < -0.39 is 0 Å². The quantitative estimate of drug-likeness (QED) is 0.676. The molecule has 0 heterocycles. The Morgan fingerprint density at radius 3 is 2.75 bits per heavy atom. The summed E-state index contributed by atoms with van der Waals surface area (Å²) in [4.78, 5) is 11.7. The van der Waals surface area contributed by atoms with Crippen molar-refractivity contribution in [3.63, 3.8) is 0 Å². The van der Waals surface area contributed by atoms with Gasteiger partial charge in [0.2, 0.25) is 5.91 Å². The Bertz CT molecular complexity index is 242. The highest BCUT2D eigenvalue weighted by Gasteiger charge is 2.39. The molecule has 0 spiro atoms. The number of fused-ring (bicyclic) bond motifs is 2. The minimum absolute atomic E-state index is 0.218. The van der Waals surface area contributed by atoms with Gasteiger partial charge in [0.05, 0.1) is 0 Å². The molecule has 2 saturated carbocycles. The number of nitrogens with one attached hydrogen (secondary N) is 1. The molecule has 2 aliphatic rings. The number of aliphatic hydroxyl groups is 1. The van der Waals surface area contributed by atoms with Crippen molar-refractivity contribution in [1.29, 1.82) is 0 Å². The molecule has 3 nitrogen and oxygen atoms in total. The first kappa shape index (κ1) is 11.9. The zero-order chi connectivity index (χ0) is 11.4. The molecule has 0 unspecified atom stereocenters. The molecule has 1 amide bonds. The van der Waals surface area contributed by atoms with Crippen molar-refractivity contribution in [2.24, 2.45) is 17.8 Å². The molecule has 2 N–H and O–H groups in total. The van der Waals surface area contributed by atoms with Crippen molar-refractivity contribution in [3.8, 4) is 0 Å². The van der Waals surface area contributed by atoms with Crippen LogP contribution in [-0.4, -0.2) is 24.2 Å². The van der Waals surface area contributed by atoms with Gasteiger partial charge < -0.3 is 10.4 Å². The van der Waals surface area contributed by atoms with Crippen molar-refractivity contribution in [2.45, 2.75) is 44.9 Å². The maximum Gasteiger partial charge on any atom is 0.220 e. The van der Waals surface area contributed by atoms with Crippen molar-refractivity contribution >= 4 is 5.91 Å². The molecule has 0 aromatic rings. The number of unbranched alkanes of at least 4 members (excludes halogenated alkanes) is 1. The van der Waals surface area contributed by atoms with Crippen molar-refractivity contribution in [2.75, 3.05) is 13.2 Å². The van der Waals surface area contributed by atoms with E-state index in [1.165, 1.54) is 25.7 Å². The van der Waals surface area contributed by atoms with Crippen LogP contribution in [0.5, 0.6) is 0 Å². The van der Waals surface area contributed by atoms with Crippen LogP contribution in [-0.2, 0) is 4.79 Å². The van der Waals surface area contributed by atoms with Crippen LogP contribution in [0.25, 0.3) is 0 Å². The fourth-order valence-electron chi connectivity index (χ4n) is 3.40. The zero-order valence-electron chi connectivity index (χ0n) is 9.95. The van der Waals surface area contributed by atoms with Crippen molar-refractivity contribution in [3.05, 3.63) is 0 Å². The second-order valence-electron chi connectivity index (χ2n) is 5.42. The molecule has 0 aromatic carbocycles. The summed E-state index contributed by atoms with van der Waals surface area (Å²) in [6, 6.07) is 0. The molecule has 3 heteroatoms. The maximum absolute atomic E-state index is 11.7. The third-order valence-corrected chi connectivity index (χ3v) is 4.24. The third-order valence-electron chi connectivity index (χ3n) is 4.24. The number of hydrogen-bond acceptors (Lipinski definition) is 2. The van der Waals surface area contributed by atoms with Gasteiger partial charge in [-0.25, -0.2) is 0 Å². The lowest BCUT2D eigenvalue weighted by atomic mass is 9.86. The van der Waals surface area contributed by atoms with E-state index >= 15 is 0 Å². The largest absolute Gasteiger partial charge is 0.396 e. The number of carbonyl (C=O) groups excluding carboxylic acids is 1. The van der Waals surface area contributed by atoms with Gasteiger partial charge in [0, 0.05) is 19.6 Å². The highest BCUT2D eigenvalue weighted by molar-refractivity contribution is 5.76. The topological polar surface area (TPSA) is 49.3 Å². The molecule has 2 rings (SSSR count). The first-order valence-corrected chi connectivity index (χ1v) is 6.67. The molecule has 3 atom stereocenters. The molecule has 2 bridgehead atoms. The lowest BCUT2D eigenvalue weighted by molar-refractivity contribution is -0.122. The van der Waals surface area contributed by atoms with E-state index in [1.807, 2.05) is 0 Å². The van der Waals surface area contributed by atoms with Gasteiger partial charge in [0.25, 0.3) is 0 Å². The Morgan fingerprint density at radius 1 is 1.25 bits per heavy atom. The Kier molecular flexibility index (Phi) is 4.22. The second-order valence-corrected chi connectivity index (χ2v) is 5.42. The lowest BCUT2D eigenvalue weighted by Gasteiger charge is -2.20. The summed E-state index contributed by atoms with van der Waals surface area (Å²) in [5, 5.41) is 11.6. The first-order chi connectivity index (χ1) is 7.79. The smallest absolute Gasteiger partial charge is 0.220 e. The van der Waals surface area contributed by atoms with E-state index in [0.29, 0.717) is 5.92 Å². The third kappa shape index (κ3) is 2.97.